The van der Waals surface area contributed by atoms with E-state index in [1.807, 2.05) is 6.07 Å². The highest BCUT2D eigenvalue weighted by atomic mass is 16.5. The average Bonchev–Trinajstić information content (AvgIpc) is 2.46. The van der Waals surface area contributed by atoms with Gasteiger partial charge in [-0.1, -0.05) is 19.4 Å². The quantitative estimate of drug-likeness (QED) is 0.849. The number of rotatable bonds is 3. The zero-order valence-corrected chi connectivity index (χ0v) is 11.5. The van der Waals surface area contributed by atoms with Crippen molar-refractivity contribution in [2.45, 2.75) is 32.6 Å². The highest BCUT2D eigenvalue weighted by Gasteiger charge is 2.16. The Bertz CT molecular complexity index is 483. The third-order valence-electron chi connectivity index (χ3n) is 3.52. The first kappa shape index (κ1) is 13.6. The molecule has 1 atom stereocenters. The van der Waals surface area contributed by atoms with Gasteiger partial charge in [-0.2, -0.15) is 5.10 Å². The van der Waals surface area contributed by atoms with E-state index in [-0.39, 0.29) is 5.91 Å². The number of hydrogen-bond donors (Lipinski definition) is 1. The maximum atomic E-state index is 12.0. The van der Waals surface area contributed by atoms with Crippen LogP contribution in [-0.4, -0.2) is 18.7 Å². The minimum Gasteiger partial charge on any atom is -0.497 e. The van der Waals surface area contributed by atoms with Gasteiger partial charge in [0.05, 0.1) is 7.11 Å². The second-order valence-corrected chi connectivity index (χ2v) is 4.92. The lowest BCUT2D eigenvalue weighted by molar-refractivity contribution is 0.0954. The third kappa shape index (κ3) is 3.56. The van der Waals surface area contributed by atoms with Crippen molar-refractivity contribution in [1.29, 1.82) is 0 Å². The fraction of sp³-hybridized carbons (Fsp3) is 0.467. The Labute approximate surface area is 113 Å². The van der Waals surface area contributed by atoms with Gasteiger partial charge >= 0.3 is 0 Å². The van der Waals surface area contributed by atoms with Crippen LogP contribution in [-0.2, 0) is 0 Å². The van der Waals surface area contributed by atoms with Crippen molar-refractivity contribution in [2.75, 3.05) is 7.11 Å². The van der Waals surface area contributed by atoms with E-state index in [2.05, 4.69) is 17.5 Å². The van der Waals surface area contributed by atoms with E-state index in [1.54, 1.807) is 25.3 Å². The lowest BCUT2D eigenvalue weighted by Gasteiger charge is -2.19. The van der Waals surface area contributed by atoms with Crippen LogP contribution in [0, 0.1) is 5.92 Å². The van der Waals surface area contributed by atoms with Gasteiger partial charge in [0, 0.05) is 11.3 Å². The van der Waals surface area contributed by atoms with Crippen molar-refractivity contribution < 1.29 is 9.53 Å². The maximum absolute atomic E-state index is 12.0. The van der Waals surface area contributed by atoms with Crippen LogP contribution in [0.25, 0.3) is 0 Å². The minimum atomic E-state index is -0.191. The van der Waals surface area contributed by atoms with Crippen molar-refractivity contribution in [3.63, 3.8) is 0 Å². The predicted molar refractivity (Wildman–Crippen MR) is 75.5 cm³/mol. The molecule has 4 nitrogen and oxygen atoms in total. The molecule has 1 fully saturated rings. The normalized spacial score (nSPS) is 21.2. The molecule has 1 aliphatic carbocycles. The summed E-state index contributed by atoms with van der Waals surface area (Å²) in [6.07, 6.45) is 4.57. The molecule has 102 valence electrons. The topological polar surface area (TPSA) is 50.7 Å². The number of ether oxygens (including phenoxy) is 1. The van der Waals surface area contributed by atoms with Gasteiger partial charge in [-0.15, -0.1) is 0 Å². The molecule has 1 saturated carbocycles. The van der Waals surface area contributed by atoms with Crippen LogP contribution < -0.4 is 10.2 Å². The first-order valence-electron chi connectivity index (χ1n) is 6.71. The lowest BCUT2D eigenvalue weighted by Crippen LogP contribution is -2.24. The Hall–Kier alpha value is -1.84. The molecular weight excluding hydrogens is 240 g/mol. The van der Waals surface area contributed by atoms with E-state index in [0.29, 0.717) is 17.2 Å². The molecule has 1 aromatic carbocycles. The molecule has 1 unspecified atom stereocenters. The Morgan fingerprint density at radius 2 is 2.26 bits per heavy atom. The van der Waals surface area contributed by atoms with Gasteiger partial charge in [-0.05, 0) is 43.4 Å². The number of amides is 1. The number of methoxy groups -OCH3 is 1. The zero-order chi connectivity index (χ0) is 13.7. The third-order valence-corrected chi connectivity index (χ3v) is 3.52. The van der Waals surface area contributed by atoms with E-state index in [1.165, 1.54) is 6.42 Å². The highest BCUT2D eigenvalue weighted by Crippen LogP contribution is 2.20. The van der Waals surface area contributed by atoms with Gasteiger partial charge in [0.15, 0.2) is 0 Å². The van der Waals surface area contributed by atoms with Crippen LogP contribution in [0.4, 0.5) is 0 Å². The van der Waals surface area contributed by atoms with Crippen molar-refractivity contribution in [3.8, 4) is 5.75 Å². The molecule has 1 aromatic rings. The summed E-state index contributed by atoms with van der Waals surface area (Å²) in [6.45, 7) is 2.16. The number of carbonyl (C=O) groups excluding carboxylic acids is 1. The summed E-state index contributed by atoms with van der Waals surface area (Å²) in [5.74, 6) is 0.954. The predicted octanol–water partition coefficient (Wildman–Crippen LogP) is 2.99. The molecule has 19 heavy (non-hydrogen) atoms. The summed E-state index contributed by atoms with van der Waals surface area (Å²) in [6, 6.07) is 7.07. The SMILES string of the molecule is COc1cccc(C(=O)N/N=C2\CCCCC2C)c1. The molecule has 2 rings (SSSR count). The zero-order valence-electron chi connectivity index (χ0n) is 11.5. The second-order valence-electron chi connectivity index (χ2n) is 4.92. The maximum Gasteiger partial charge on any atom is 0.271 e. The molecule has 0 bridgehead atoms. The first-order chi connectivity index (χ1) is 9.20. The molecule has 0 aliphatic heterocycles. The van der Waals surface area contributed by atoms with E-state index in [9.17, 15) is 4.79 Å². The standard InChI is InChI=1S/C15H20N2O2/c1-11-6-3-4-9-14(11)16-17-15(18)12-7-5-8-13(10-12)19-2/h5,7-8,10-11H,3-4,6,9H2,1-2H3,(H,17,18)/b16-14+. The van der Waals surface area contributed by atoms with Gasteiger partial charge in [0.2, 0.25) is 0 Å². The van der Waals surface area contributed by atoms with E-state index < -0.39 is 0 Å². The van der Waals surface area contributed by atoms with Crippen LogP contribution >= 0.6 is 0 Å². The Balaban J connectivity index is 2.02. The number of hydrogen-bond acceptors (Lipinski definition) is 3. The van der Waals surface area contributed by atoms with Gasteiger partial charge in [0.1, 0.15) is 5.75 Å². The number of hydrazone groups is 1. The smallest absolute Gasteiger partial charge is 0.271 e. The summed E-state index contributed by atoms with van der Waals surface area (Å²) in [5, 5.41) is 4.27. The van der Waals surface area contributed by atoms with Gasteiger partial charge in [-0.25, -0.2) is 5.43 Å². The number of nitrogens with one attached hydrogen (secondary N) is 1. The van der Waals surface area contributed by atoms with Crippen LogP contribution in [0.3, 0.4) is 0 Å². The average molecular weight is 260 g/mol. The van der Waals surface area contributed by atoms with Gasteiger partial charge < -0.3 is 4.74 Å². The van der Waals surface area contributed by atoms with Crippen LogP contribution in [0.5, 0.6) is 5.75 Å². The molecule has 0 spiro atoms. The second kappa shape index (κ2) is 6.36. The molecule has 1 N–H and O–H groups in total. The fourth-order valence-electron chi connectivity index (χ4n) is 2.29. The Morgan fingerprint density at radius 3 is 3.00 bits per heavy atom. The van der Waals surface area contributed by atoms with Crippen LogP contribution in [0.1, 0.15) is 43.0 Å². The van der Waals surface area contributed by atoms with E-state index >= 15 is 0 Å². The molecule has 0 heterocycles. The summed E-state index contributed by atoms with van der Waals surface area (Å²) in [7, 11) is 1.58. The van der Waals surface area contributed by atoms with Crippen molar-refractivity contribution >= 4 is 11.6 Å². The van der Waals surface area contributed by atoms with E-state index in [0.717, 1.165) is 25.0 Å². The summed E-state index contributed by atoms with van der Waals surface area (Å²) in [4.78, 5) is 12.0. The first-order valence-corrected chi connectivity index (χ1v) is 6.71. The van der Waals surface area contributed by atoms with Crippen molar-refractivity contribution in [1.82, 2.24) is 5.43 Å². The van der Waals surface area contributed by atoms with Crippen molar-refractivity contribution in [3.05, 3.63) is 29.8 Å². The van der Waals surface area contributed by atoms with Crippen molar-refractivity contribution in [2.24, 2.45) is 11.0 Å². The molecule has 0 aromatic heterocycles. The number of nitrogens with zero attached hydrogens (tertiary/aromatic N) is 1. The lowest BCUT2D eigenvalue weighted by atomic mass is 9.89. The van der Waals surface area contributed by atoms with Crippen LogP contribution in [0.15, 0.2) is 29.4 Å². The minimum absolute atomic E-state index is 0.191. The van der Waals surface area contributed by atoms with Gasteiger partial charge in [0.25, 0.3) is 5.91 Å². The summed E-state index contributed by atoms with van der Waals surface area (Å²) in [5.41, 5.74) is 4.31. The molecule has 1 amide bonds. The van der Waals surface area contributed by atoms with Crippen LogP contribution in [0.2, 0.25) is 0 Å². The molecule has 4 heteroatoms. The molecule has 0 saturated heterocycles. The molecule has 1 aliphatic rings. The van der Waals surface area contributed by atoms with E-state index in [4.69, 9.17) is 4.74 Å². The monoisotopic (exact) mass is 260 g/mol. The van der Waals surface area contributed by atoms with Gasteiger partial charge in [-0.3, -0.25) is 4.79 Å². The summed E-state index contributed by atoms with van der Waals surface area (Å²) < 4.78 is 5.10. The molecule has 0 radical (unpaired) electrons. The number of benzene rings is 1. The fourth-order valence-corrected chi connectivity index (χ4v) is 2.29. The highest BCUT2D eigenvalue weighted by molar-refractivity contribution is 5.96. The Morgan fingerprint density at radius 1 is 1.42 bits per heavy atom. The summed E-state index contributed by atoms with van der Waals surface area (Å²) >= 11 is 0. The largest absolute Gasteiger partial charge is 0.497 e. The molecular formula is C15H20N2O2. The Kier molecular flexibility index (Phi) is 4.55. The number of carbonyl (C=O) groups is 1.